The molecule has 0 unspecified atom stereocenters. The standard InChI is InChI=1S/C17H11N2S.C6H5.C5H5N.Ir/c1-11-8-9-13-12-5-4-6-14(15-7-2-3-10-18-15)16(12)20-17(13)19-11;2*1-2-4-6-5-3-1;/h2-5,7-10H,1H3;2*1-5H;/q2*-1;;/i1D3,2D,3D,7D,10D;;;. The number of fused-ring (bicyclic) bond motifs is 3. The minimum absolute atomic E-state index is 0. The summed E-state index contributed by atoms with van der Waals surface area (Å²) in [6.07, 6.45) is 3.13. The second kappa shape index (κ2) is 12.7. The Morgan fingerprint density at radius 3 is 2.36 bits per heavy atom. The van der Waals surface area contributed by atoms with E-state index >= 15 is 0 Å². The van der Waals surface area contributed by atoms with Gasteiger partial charge in [-0.3, -0.25) is 4.98 Å². The summed E-state index contributed by atoms with van der Waals surface area (Å²) in [7, 11) is 0. The maximum absolute atomic E-state index is 8.14. The molecular weight excluding hydrogens is 603 g/mol. The molecule has 6 rings (SSSR count). The van der Waals surface area contributed by atoms with Gasteiger partial charge in [0.15, 0.2) is 0 Å². The molecule has 1 radical (unpaired) electrons. The van der Waals surface area contributed by atoms with Gasteiger partial charge in [0.2, 0.25) is 0 Å². The van der Waals surface area contributed by atoms with E-state index in [4.69, 9.17) is 9.60 Å². The van der Waals surface area contributed by atoms with Crippen molar-refractivity contribution in [3.8, 4) is 11.3 Å². The smallest absolute Gasteiger partial charge is 0.113 e. The van der Waals surface area contributed by atoms with E-state index in [1.165, 1.54) is 17.4 Å². The molecule has 0 spiro atoms. The number of hydrogen-bond acceptors (Lipinski definition) is 4. The van der Waals surface area contributed by atoms with Crippen LogP contribution >= 0.6 is 11.3 Å². The number of aryl methyl sites for hydroxylation is 1. The molecule has 4 heterocycles. The van der Waals surface area contributed by atoms with E-state index < -0.39 is 12.9 Å². The van der Waals surface area contributed by atoms with Crippen molar-refractivity contribution in [2.45, 2.75) is 6.85 Å². The third kappa shape index (κ3) is 6.62. The van der Waals surface area contributed by atoms with E-state index in [0.29, 0.717) is 15.1 Å². The van der Waals surface area contributed by atoms with Gasteiger partial charge in [-0.15, -0.1) is 23.8 Å². The van der Waals surface area contributed by atoms with E-state index in [9.17, 15) is 0 Å². The minimum atomic E-state index is -2.31. The zero-order valence-corrected chi connectivity index (χ0v) is 20.4. The Morgan fingerprint density at radius 1 is 0.909 bits per heavy atom. The van der Waals surface area contributed by atoms with Gasteiger partial charge >= 0.3 is 0 Å². The van der Waals surface area contributed by atoms with Crippen molar-refractivity contribution < 1.29 is 29.7 Å². The quantitative estimate of drug-likeness (QED) is 0.181. The van der Waals surface area contributed by atoms with Crippen molar-refractivity contribution >= 4 is 31.6 Å². The monoisotopic (exact) mass is 631 g/mol. The molecule has 0 atom stereocenters. The zero-order chi connectivity index (χ0) is 28.0. The largest absolute Gasteiger partial charge is 0.305 e. The molecule has 0 bridgehead atoms. The van der Waals surface area contributed by atoms with Crippen molar-refractivity contribution in [2.75, 3.05) is 0 Å². The van der Waals surface area contributed by atoms with E-state index in [1.807, 2.05) is 54.6 Å². The van der Waals surface area contributed by atoms with Crippen molar-refractivity contribution in [2.24, 2.45) is 0 Å². The van der Waals surface area contributed by atoms with Gasteiger partial charge in [-0.05, 0) is 46.9 Å². The van der Waals surface area contributed by atoms with Crippen molar-refractivity contribution in [1.29, 1.82) is 0 Å². The van der Waals surface area contributed by atoms with Crippen LogP contribution in [0.5, 0.6) is 0 Å². The molecule has 165 valence electrons. The summed E-state index contributed by atoms with van der Waals surface area (Å²) >= 11 is 1.25. The SMILES string of the molecule is [2H]c1nc(-c2[c-]ccc3c2sc2nc(C([2H])([2H])[2H])ccc23)c([2H])c([2H])c1[2H].[Ir].[c-]1ccccc1.c1ccncc1. The molecule has 5 heteroatoms. The van der Waals surface area contributed by atoms with Gasteiger partial charge in [-0.25, -0.2) is 4.98 Å². The third-order valence-electron chi connectivity index (χ3n) is 4.18. The Balaban J connectivity index is 0.000000279. The fourth-order valence-electron chi connectivity index (χ4n) is 2.80. The first-order valence-corrected chi connectivity index (χ1v) is 10.5. The minimum Gasteiger partial charge on any atom is -0.305 e. The first kappa shape index (κ1) is 16.4. The molecule has 0 fully saturated rings. The Hall–Kier alpha value is -3.24. The van der Waals surface area contributed by atoms with Gasteiger partial charge in [0.25, 0.3) is 0 Å². The molecule has 6 aromatic rings. The van der Waals surface area contributed by atoms with Gasteiger partial charge in [-0.2, -0.15) is 47.7 Å². The van der Waals surface area contributed by atoms with E-state index in [-0.39, 0.29) is 49.8 Å². The summed E-state index contributed by atoms with van der Waals surface area (Å²) in [6.45, 7) is -2.31. The van der Waals surface area contributed by atoms with E-state index in [2.05, 4.69) is 27.1 Å². The molecule has 0 aliphatic rings. The van der Waals surface area contributed by atoms with Crippen LogP contribution in [0.15, 0.2) is 109 Å². The predicted molar refractivity (Wildman–Crippen MR) is 133 cm³/mol. The van der Waals surface area contributed by atoms with Crippen LogP contribution in [0.1, 0.15) is 15.3 Å². The first-order chi connectivity index (χ1) is 18.7. The topological polar surface area (TPSA) is 38.7 Å². The van der Waals surface area contributed by atoms with Gasteiger partial charge in [0.1, 0.15) is 4.83 Å². The summed E-state index contributed by atoms with van der Waals surface area (Å²) in [4.78, 5) is 12.6. The molecule has 0 N–H and O–H groups in total. The van der Waals surface area contributed by atoms with Gasteiger partial charge < -0.3 is 4.98 Å². The molecule has 0 aliphatic heterocycles. The Labute approximate surface area is 221 Å². The van der Waals surface area contributed by atoms with Gasteiger partial charge in [0.05, 0.1) is 5.48 Å². The zero-order valence-electron chi connectivity index (χ0n) is 24.2. The van der Waals surface area contributed by atoms with Crippen LogP contribution in [-0.4, -0.2) is 15.0 Å². The maximum atomic E-state index is 8.14. The number of pyridine rings is 3. The summed E-state index contributed by atoms with van der Waals surface area (Å²) in [6, 6.07) is 26.9. The number of aromatic nitrogens is 3. The van der Waals surface area contributed by atoms with Crippen molar-refractivity contribution in [3.05, 3.63) is 127 Å². The predicted octanol–water partition coefficient (Wildman–Crippen LogP) is 7.19. The van der Waals surface area contributed by atoms with Crippen LogP contribution in [0.3, 0.4) is 0 Å². The molecule has 0 saturated carbocycles. The molecule has 2 aromatic carbocycles. The van der Waals surface area contributed by atoms with Crippen molar-refractivity contribution in [3.63, 3.8) is 0 Å². The van der Waals surface area contributed by atoms with Gasteiger partial charge in [-0.1, -0.05) is 29.6 Å². The van der Waals surface area contributed by atoms with Crippen molar-refractivity contribution in [1.82, 2.24) is 15.0 Å². The third-order valence-corrected chi connectivity index (χ3v) is 5.31. The van der Waals surface area contributed by atoms with Crippen LogP contribution < -0.4 is 0 Å². The molecular formula is C28H21IrN3S-2. The van der Waals surface area contributed by atoms with Crippen LogP contribution in [0, 0.1) is 19.0 Å². The first-order valence-electron chi connectivity index (χ1n) is 13.1. The van der Waals surface area contributed by atoms with E-state index in [1.54, 1.807) is 24.5 Å². The summed E-state index contributed by atoms with van der Waals surface area (Å²) < 4.78 is 54.7. The Morgan fingerprint density at radius 2 is 1.73 bits per heavy atom. The second-order valence-corrected chi connectivity index (χ2v) is 7.29. The normalized spacial score (nSPS) is 13.2. The van der Waals surface area contributed by atoms with Crippen LogP contribution in [0.2, 0.25) is 0 Å². The van der Waals surface area contributed by atoms with Crippen LogP contribution in [0.25, 0.3) is 31.6 Å². The Bertz CT molecular complexity index is 1610. The fourth-order valence-corrected chi connectivity index (χ4v) is 3.97. The number of benzene rings is 2. The van der Waals surface area contributed by atoms with Crippen LogP contribution in [-0.2, 0) is 20.1 Å². The average Bonchev–Trinajstić information content (AvgIpc) is 3.34. The van der Waals surface area contributed by atoms with E-state index in [0.717, 1.165) is 10.8 Å². The van der Waals surface area contributed by atoms with Crippen LogP contribution in [0.4, 0.5) is 0 Å². The molecule has 0 amide bonds. The summed E-state index contributed by atoms with van der Waals surface area (Å²) in [5, 5.41) is 1.58. The fraction of sp³-hybridized carbons (Fsp3) is 0.0357. The molecule has 3 nitrogen and oxygen atoms in total. The summed E-state index contributed by atoms with van der Waals surface area (Å²) in [5.74, 6) is 0. The molecule has 0 aliphatic carbocycles. The average molecular weight is 631 g/mol. The summed E-state index contributed by atoms with van der Waals surface area (Å²) in [5.41, 5.74) is 0.555. The second-order valence-electron chi connectivity index (χ2n) is 6.30. The Kier molecular flexibility index (Phi) is 6.31. The number of rotatable bonds is 1. The number of hydrogen-bond donors (Lipinski definition) is 0. The number of nitrogens with zero attached hydrogens (tertiary/aromatic N) is 3. The van der Waals surface area contributed by atoms with Gasteiger partial charge in [0, 0.05) is 48.5 Å². The molecule has 4 aromatic heterocycles. The molecule has 0 saturated heterocycles. The number of thiophene rings is 1. The maximum Gasteiger partial charge on any atom is 0.113 e. The molecule has 33 heavy (non-hydrogen) atoms.